The maximum Gasteiger partial charge on any atom is 0.191 e. The molecule has 6 nitrogen and oxygen atoms in total. The van der Waals surface area contributed by atoms with Crippen LogP contribution >= 0.6 is 0 Å². The van der Waals surface area contributed by atoms with E-state index in [2.05, 4.69) is 39.9 Å². The van der Waals surface area contributed by atoms with E-state index in [0.717, 1.165) is 18.9 Å². The summed E-state index contributed by atoms with van der Waals surface area (Å²) in [5.41, 5.74) is 3.56. The van der Waals surface area contributed by atoms with Crippen molar-refractivity contribution >= 4 is 5.96 Å². The van der Waals surface area contributed by atoms with Crippen molar-refractivity contribution in [3.05, 3.63) is 71.3 Å². The van der Waals surface area contributed by atoms with Gasteiger partial charge in [-0.1, -0.05) is 54.6 Å². The predicted octanol–water partition coefficient (Wildman–Crippen LogP) is 3.12. The molecule has 2 N–H and O–H groups in total. The second-order valence-corrected chi connectivity index (χ2v) is 6.56. The molecule has 0 aliphatic rings. The Bertz CT molecular complexity index is 708. The molecule has 0 aromatic heterocycles. The highest BCUT2D eigenvalue weighted by Crippen LogP contribution is 2.11. The molecule has 0 unspecified atom stereocenters. The van der Waals surface area contributed by atoms with Crippen molar-refractivity contribution in [3.63, 3.8) is 0 Å². The summed E-state index contributed by atoms with van der Waals surface area (Å²) < 4.78 is 16.3. The first kappa shape index (κ1) is 22.9. The lowest BCUT2D eigenvalue weighted by Gasteiger charge is -2.14. The Kier molecular flexibility index (Phi) is 11.5. The van der Waals surface area contributed by atoms with Gasteiger partial charge in [0.15, 0.2) is 5.96 Å². The lowest BCUT2D eigenvalue weighted by atomic mass is 10.1. The molecule has 2 aromatic carbocycles. The summed E-state index contributed by atoms with van der Waals surface area (Å²) in [6.45, 7) is 4.64. The minimum atomic E-state index is 0.581. The van der Waals surface area contributed by atoms with Crippen molar-refractivity contribution in [3.8, 4) is 0 Å². The number of nitrogens with zero attached hydrogens (tertiary/aromatic N) is 1. The van der Waals surface area contributed by atoms with E-state index in [-0.39, 0.29) is 0 Å². The van der Waals surface area contributed by atoms with Gasteiger partial charge in [-0.3, -0.25) is 4.99 Å². The van der Waals surface area contributed by atoms with Crippen LogP contribution in [0.4, 0.5) is 0 Å². The van der Waals surface area contributed by atoms with Crippen molar-refractivity contribution in [2.45, 2.75) is 26.2 Å². The molecule has 0 radical (unpaired) electrons. The zero-order chi connectivity index (χ0) is 20.6. The van der Waals surface area contributed by atoms with Gasteiger partial charge in [-0.2, -0.15) is 0 Å². The van der Waals surface area contributed by atoms with Gasteiger partial charge in [-0.05, 0) is 23.1 Å². The number of hydrogen-bond acceptors (Lipinski definition) is 4. The molecule has 158 valence electrons. The molecule has 2 rings (SSSR count). The number of aliphatic imine (C=N–C) groups is 1. The number of hydrogen-bond donors (Lipinski definition) is 2. The molecule has 0 spiro atoms. The van der Waals surface area contributed by atoms with E-state index in [0.29, 0.717) is 39.6 Å². The molecule has 0 fully saturated rings. The molecule has 0 saturated carbocycles. The summed E-state index contributed by atoms with van der Waals surface area (Å²) in [5, 5.41) is 6.68. The third-order valence-electron chi connectivity index (χ3n) is 4.35. The first-order valence-electron chi connectivity index (χ1n) is 10.0. The van der Waals surface area contributed by atoms with E-state index in [1.54, 1.807) is 14.2 Å². The van der Waals surface area contributed by atoms with Crippen molar-refractivity contribution < 1.29 is 14.2 Å². The van der Waals surface area contributed by atoms with Crippen molar-refractivity contribution in [1.29, 1.82) is 0 Å². The summed E-state index contributed by atoms with van der Waals surface area (Å²) in [6, 6.07) is 18.5. The molecule has 2 aromatic rings. The van der Waals surface area contributed by atoms with Gasteiger partial charge in [-0.25, -0.2) is 0 Å². The molecule has 0 saturated heterocycles. The van der Waals surface area contributed by atoms with Gasteiger partial charge < -0.3 is 24.8 Å². The SMILES string of the molecule is CN=C(NCCCOCCOC)NCc1ccccc1COCc1ccccc1. The number of ether oxygens (including phenoxy) is 3. The van der Waals surface area contributed by atoms with Gasteiger partial charge >= 0.3 is 0 Å². The molecule has 0 atom stereocenters. The standard InChI is InChI=1S/C23H33N3O3/c1-24-23(25-13-8-14-28-16-15-27-2)26-17-21-11-6-7-12-22(21)19-29-18-20-9-4-3-5-10-20/h3-7,9-12H,8,13-19H2,1-2H3,(H2,24,25,26). The van der Waals surface area contributed by atoms with Crippen LogP contribution in [0.2, 0.25) is 0 Å². The average molecular weight is 400 g/mol. The van der Waals surface area contributed by atoms with Crippen LogP contribution in [0.3, 0.4) is 0 Å². The topological polar surface area (TPSA) is 64.1 Å². The monoisotopic (exact) mass is 399 g/mol. The van der Waals surface area contributed by atoms with Crippen LogP contribution in [0.25, 0.3) is 0 Å². The normalized spacial score (nSPS) is 11.4. The van der Waals surface area contributed by atoms with E-state index in [4.69, 9.17) is 14.2 Å². The highest BCUT2D eigenvalue weighted by molar-refractivity contribution is 5.79. The molecule has 0 bridgehead atoms. The third kappa shape index (κ3) is 9.56. The van der Waals surface area contributed by atoms with E-state index >= 15 is 0 Å². The Morgan fingerprint density at radius 1 is 0.828 bits per heavy atom. The lowest BCUT2D eigenvalue weighted by Crippen LogP contribution is -2.37. The Balaban J connectivity index is 1.71. The molecule has 0 amide bonds. The quantitative estimate of drug-likeness (QED) is 0.308. The number of nitrogens with one attached hydrogen (secondary N) is 2. The van der Waals surface area contributed by atoms with Gasteiger partial charge in [0, 0.05) is 33.9 Å². The van der Waals surface area contributed by atoms with Crippen molar-refractivity contribution in [2.24, 2.45) is 4.99 Å². The number of benzene rings is 2. The molecular formula is C23H33N3O3. The minimum Gasteiger partial charge on any atom is -0.382 e. The van der Waals surface area contributed by atoms with Gasteiger partial charge in [0.25, 0.3) is 0 Å². The number of guanidine groups is 1. The second-order valence-electron chi connectivity index (χ2n) is 6.56. The Labute approximate surface area is 174 Å². The maximum absolute atomic E-state index is 5.90. The largest absolute Gasteiger partial charge is 0.382 e. The first-order chi connectivity index (χ1) is 14.3. The van der Waals surface area contributed by atoms with E-state index in [1.165, 1.54) is 16.7 Å². The average Bonchev–Trinajstić information content (AvgIpc) is 2.77. The Morgan fingerprint density at radius 2 is 1.59 bits per heavy atom. The van der Waals surface area contributed by atoms with Crippen LogP contribution in [-0.2, 0) is 34.0 Å². The van der Waals surface area contributed by atoms with Crippen molar-refractivity contribution in [1.82, 2.24) is 10.6 Å². The fraction of sp³-hybridized carbons (Fsp3) is 0.435. The number of methoxy groups -OCH3 is 1. The zero-order valence-electron chi connectivity index (χ0n) is 17.5. The highest BCUT2D eigenvalue weighted by atomic mass is 16.5. The Hall–Kier alpha value is -2.41. The van der Waals surface area contributed by atoms with E-state index in [1.807, 2.05) is 30.3 Å². The van der Waals surface area contributed by atoms with E-state index < -0.39 is 0 Å². The van der Waals surface area contributed by atoms with Gasteiger partial charge in [0.2, 0.25) is 0 Å². The van der Waals surface area contributed by atoms with Gasteiger partial charge in [0.1, 0.15) is 0 Å². The zero-order valence-corrected chi connectivity index (χ0v) is 17.5. The van der Waals surface area contributed by atoms with E-state index in [9.17, 15) is 0 Å². The van der Waals surface area contributed by atoms with Gasteiger partial charge in [-0.15, -0.1) is 0 Å². The second kappa shape index (κ2) is 14.6. The lowest BCUT2D eigenvalue weighted by molar-refractivity contribution is 0.0698. The Morgan fingerprint density at radius 3 is 2.34 bits per heavy atom. The fourth-order valence-corrected chi connectivity index (χ4v) is 2.75. The van der Waals surface area contributed by atoms with Crippen LogP contribution in [-0.4, -0.2) is 46.5 Å². The van der Waals surface area contributed by atoms with Gasteiger partial charge in [0.05, 0.1) is 26.4 Å². The molecule has 6 heteroatoms. The summed E-state index contributed by atoms with van der Waals surface area (Å²) in [4.78, 5) is 4.28. The summed E-state index contributed by atoms with van der Waals surface area (Å²) >= 11 is 0. The first-order valence-corrected chi connectivity index (χ1v) is 10.0. The number of rotatable bonds is 13. The molecule has 29 heavy (non-hydrogen) atoms. The molecule has 0 heterocycles. The molecule has 0 aliphatic heterocycles. The highest BCUT2D eigenvalue weighted by Gasteiger charge is 2.04. The van der Waals surface area contributed by atoms with Crippen LogP contribution in [0.1, 0.15) is 23.1 Å². The van der Waals surface area contributed by atoms with Crippen LogP contribution in [0.15, 0.2) is 59.6 Å². The minimum absolute atomic E-state index is 0.581. The molecule has 0 aliphatic carbocycles. The van der Waals surface area contributed by atoms with Crippen molar-refractivity contribution in [2.75, 3.05) is 40.5 Å². The predicted molar refractivity (Wildman–Crippen MR) is 117 cm³/mol. The summed E-state index contributed by atoms with van der Waals surface area (Å²) in [6.07, 6.45) is 0.911. The third-order valence-corrected chi connectivity index (χ3v) is 4.35. The summed E-state index contributed by atoms with van der Waals surface area (Å²) in [7, 11) is 3.45. The fourth-order valence-electron chi connectivity index (χ4n) is 2.75. The molecular weight excluding hydrogens is 366 g/mol. The summed E-state index contributed by atoms with van der Waals surface area (Å²) in [5.74, 6) is 0.780. The smallest absolute Gasteiger partial charge is 0.191 e. The van der Waals surface area contributed by atoms with Crippen LogP contribution in [0.5, 0.6) is 0 Å². The van der Waals surface area contributed by atoms with Crippen LogP contribution < -0.4 is 10.6 Å². The maximum atomic E-state index is 5.90. The van der Waals surface area contributed by atoms with Crippen LogP contribution in [0, 0.1) is 0 Å².